The van der Waals surface area contributed by atoms with E-state index in [2.05, 4.69) is 15.7 Å². The summed E-state index contributed by atoms with van der Waals surface area (Å²) < 4.78 is 28.6. The highest BCUT2D eigenvalue weighted by molar-refractivity contribution is 6.33. The maximum atomic E-state index is 14.8. The lowest BCUT2D eigenvalue weighted by Crippen LogP contribution is -2.51. The number of aryl methyl sites for hydroxylation is 2. The number of carbonyl (C=O) groups is 2. The van der Waals surface area contributed by atoms with Crippen molar-refractivity contribution in [1.29, 1.82) is 0 Å². The Labute approximate surface area is 201 Å². The number of nitrogens with zero attached hydrogens (tertiary/aromatic N) is 2. The second-order valence-corrected chi connectivity index (χ2v) is 8.30. The van der Waals surface area contributed by atoms with Crippen LogP contribution in [0.5, 0.6) is 0 Å². The van der Waals surface area contributed by atoms with E-state index in [0.717, 1.165) is 16.1 Å². The maximum absolute atomic E-state index is 14.8. The summed E-state index contributed by atoms with van der Waals surface area (Å²) in [4.78, 5) is 29.5. The standard InChI is InChI=1S/C25H25ClF2N4O2/c1-5-32(31-24(33)17-10-14(2)9-15(3)11-17)25(34)30-16(4)23-21(28)12-18(13-29-23)19-7-6-8-20(27)22(19)26/h6-13,16H,5H2,1-4H3,(H,30,34)(H,31,33)/t16-/m1/s1. The van der Waals surface area contributed by atoms with Crippen molar-refractivity contribution in [2.75, 3.05) is 6.54 Å². The molecule has 0 unspecified atom stereocenters. The largest absolute Gasteiger partial charge is 0.336 e. The number of pyridine rings is 1. The minimum absolute atomic E-state index is 0.0127. The molecule has 0 saturated heterocycles. The maximum Gasteiger partial charge on any atom is 0.336 e. The third kappa shape index (κ3) is 5.69. The SMILES string of the molecule is CCN(NC(=O)c1cc(C)cc(C)c1)C(=O)N[C@H](C)c1ncc(-c2cccc(F)c2Cl)cc1F. The Morgan fingerprint density at radius 1 is 1.09 bits per heavy atom. The van der Waals surface area contributed by atoms with Gasteiger partial charge in [0.05, 0.1) is 16.8 Å². The molecule has 0 aliphatic carbocycles. The van der Waals surface area contributed by atoms with Crippen LogP contribution >= 0.6 is 11.6 Å². The third-order valence-corrected chi connectivity index (χ3v) is 5.55. The lowest BCUT2D eigenvalue weighted by molar-refractivity contribution is 0.0829. The highest BCUT2D eigenvalue weighted by Crippen LogP contribution is 2.30. The van der Waals surface area contributed by atoms with Crippen LogP contribution in [-0.4, -0.2) is 28.5 Å². The van der Waals surface area contributed by atoms with Crippen LogP contribution in [0.15, 0.2) is 48.7 Å². The molecule has 0 aliphatic rings. The third-order valence-electron chi connectivity index (χ3n) is 5.16. The summed E-state index contributed by atoms with van der Waals surface area (Å²) in [5, 5.41) is 3.61. The molecule has 1 atom stereocenters. The van der Waals surface area contributed by atoms with Gasteiger partial charge in [0, 0.05) is 29.4 Å². The Balaban J connectivity index is 1.72. The van der Waals surface area contributed by atoms with Crippen LogP contribution in [0, 0.1) is 25.5 Å². The summed E-state index contributed by atoms with van der Waals surface area (Å²) in [6.45, 7) is 7.21. The number of rotatable bonds is 5. The second-order valence-electron chi connectivity index (χ2n) is 7.93. The van der Waals surface area contributed by atoms with Crippen molar-refractivity contribution in [1.82, 2.24) is 20.7 Å². The molecule has 3 rings (SSSR count). The molecule has 34 heavy (non-hydrogen) atoms. The predicted octanol–water partition coefficient (Wildman–Crippen LogP) is 5.73. The number of hydrogen-bond acceptors (Lipinski definition) is 3. The highest BCUT2D eigenvalue weighted by Gasteiger charge is 2.21. The molecule has 0 bridgehead atoms. The average molecular weight is 487 g/mol. The summed E-state index contributed by atoms with van der Waals surface area (Å²) in [7, 11) is 0. The Hall–Kier alpha value is -3.52. The van der Waals surface area contributed by atoms with Gasteiger partial charge in [0.25, 0.3) is 5.91 Å². The van der Waals surface area contributed by atoms with Gasteiger partial charge in [0.15, 0.2) is 0 Å². The average Bonchev–Trinajstić information content (AvgIpc) is 2.78. The van der Waals surface area contributed by atoms with Crippen molar-refractivity contribution >= 4 is 23.5 Å². The monoisotopic (exact) mass is 486 g/mol. The first kappa shape index (κ1) is 25.1. The van der Waals surface area contributed by atoms with Gasteiger partial charge in [-0.15, -0.1) is 0 Å². The smallest absolute Gasteiger partial charge is 0.328 e. The van der Waals surface area contributed by atoms with Crippen LogP contribution in [-0.2, 0) is 0 Å². The fourth-order valence-corrected chi connectivity index (χ4v) is 3.77. The predicted molar refractivity (Wildman–Crippen MR) is 127 cm³/mol. The molecule has 0 saturated carbocycles. The van der Waals surface area contributed by atoms with Gasteiger partial charge in [0.2, 0.25) is 0 Å². The van der Waals surface area contributed by atoms with Crippen LogP contribution < -0.4 is 10.7 Å². The normalized spacial score (nSPS) is 11.6. The lowest BCUT2D eigenvalue weighted by atomic mass is 10.1. The van der Waals surface area contributed by atoms with Gasteiger partial charge in [-0.3, -0.25) is 15.2 Å². The Kier molecular flexibility index (Phi) is 7.83. The minimum Gasteiger partial charge on any atom is -0.328 e. The van der Waals surface area contributed by atoms with Gasteiger partial charge in [0.1, 0.15) is 11.6 Å². The number of carbonyl (C=O) groups excluding carboxylic acids is 2. The summed E-state index contributed by atoms with van der Waals surface area (Å²) in [5.74, 6) is -1.74. The molecule has 0 spiro atoms. The van der Waals surface area contributed by atoms with E-state index in [-0.39, 0.29) is 17.3 Å². The van der Waals surface area contributed by atoms with Gasteiger partial charge in [-0.2, -0.15) is 0 Å². The quantitative estimate of drug-likeness (QED) is 0.452. The Bertz CT molecular complexity index is 1220. The summed E-state index contributed by atoms with van der Waals surface area (Å²) >= 11 is 5.98. The number of amides is 3. The second kappa shape index (κ2) is 10.6. The van der Waals surface area contributed by atoms with E-state index in [0.29, 0.717) is 16.7 Å². The van der Waals surface area contributed by atoms with Gasteiger partial charge >= 0.3 is 6.03 Å². The zero-order valence-corrected chi connectivity index (χ0v) is 20.0. The molecule has 3 aromatic rings. The molecule has 0 radical (unpaired) electrons. The van der Waals surface area contributed by atoms with Crippen molar-refractivity contribution in [3.8, 4) is 11.1 Å². The van der Waals surface area contributed by atoms with Crippen molar-refractivity contribution < 1.29 is 18.4 Å². The van der Waals surface area contributed by atoms with E-state index in [4.69, 9.17) is 11.6 Å². The number of hydrazine groups is 1. The van der Waals surface area contributed by atoms with Crippen LogP contribution in [0.25, 0.3) is 11.1 Å². The fourth-order valence-electron chi connectivity index (χ4n) is 3.54. The lowest BCUT2D eigenvalue weighted by Gasteiger charge is -2.24. The van der Waals surface area contributed by atoms with Crippen LogP contribution in [0.2, 0.25) is 5.02 Å². The number of benzene rings is 2. The van der Waals surface area contributed by atoms with Crippen LogP contribution in [0.4, 0.5) is 13.6 Å². The Morgan fingerprint density at radius 2 is 1.76 bits per heavy atom. The van der Waals surface area contributed by atoms with Gasteiger partial charge < -0.3 is 5.32 Å². The molecule has 2 aromatic carbocycles. The number of hydrogen-bond donors (Lipinski definition) is 2. The van der Waals surface area contributed by atoms with Crippen molar-refractivity contribution in [2.45, 2.75) is 33.7 Å². The van der Waals surface area contributed by atoms with E-state index >= 15 is 0 Å². The first-order valence-electron chi connectivity index (χ1n) is 10.7. The van der Waals surface area contributed by atoms with E-state index in [9.17, 15) is 18.4 Å². The number of aromatic nitrogens is 1. The summed E-state index contributed by atoms with van der Waals surface area (Å²) in [5.41, 5.74) is 5.45. The molecule has 1 aromatic heterocycles. The molecule has 1 heterocycles. The van der Waals surface area contributed by atoms with E-state index < -0.39 is 29.6 Å². The molecule has 3 amide bonds. The van der Waals surface area contributed by atoms with Crippen molar-refractivity contribution in [2.24, 2.45) is 0 Å². The number of halogens is 3. The van der Waals surface area contributed by atoms with E-state index in [1.165, 1.54) is 24.4 Å². The van der Waals surface area contributed by atoms with Crippen LogP contribution in [0.3, 0.4) is 0 Å². The highest BCUT2D eigenvalue weighted by atomic mass is 35.5. The minimum atomic E-state index is -0.809. The Morgan fingerprint density at radius 3 is 2.38 bits per heavy atom. The molecular formula is C25H25ClF2N4O2. The zero-order valence-electron chi connectivity index (χ0n) is 19.2. The van der Waals surface area contributed by atoms with Gasteiger partial charge in [-0.25, -0.2) is 18.6 Å². The molecule has 6 nitrogen and oxygen atoms in total. The molecule has 0 fully saturated rings. The van der Waals surface area contributed by atoms with E-state index in [1.54, 1.807) is 32.0 Å². The molecule has 0 aliphatic heterocycles. The summed E-state index contributed by atoms with van der Waals surface area (Å²) in [6, 6.07) is 9.39. The van der Waals surface area contributed by atoms with E-state index in [1.807, 2.05) is 19.9 Å². The topological polar surface area (TPSA) is 74.3 Å². The zero-order chi connectivity index (χ0) is 25.0. The van der Waals surface area contributed by atoms with Gasteiger partial charge in [-0.05, 0) is 52.0 Å². The van der Waals surface area contributed by atoms with Crippen LogP contribution in [0.1, 0.15) is 47.1 Å². The summed E-state index contributed by atoms with van der Waals surface area (Å²) in [6.07, 6.45) is 1.36. The van der Waals surface area contributed by atoms with Crippen molar-refractivity contribution in [3.05, 3.63) is 87.7 Å². The van der Waals surface area contributed by atoms with Crippen molar-refractivity contribution in [3.63, 3.8) is 0 Å². The molecule has 2 N–H and O–H groups in total. The first-order valence-corrected chi connectivity index (χ1v) is 11.1. The number of nitrogens with one attached hydrogen (secondary N) is 2. The molecular weight excluding hydrogens is 462 g/mol. The first-order chi connectivity index (χ1) is 16.1. The van der Waals surface area contributed by atoms with Gasteiger partial charge in [-0.1, -0.05) is 40.9 Å². The molecule has 9 heteroatoms. The fraction of sp³-hybridized carbons (Fsp3) is 0.240. The molecule has 178 valence electrons. The number of urea groups is 1.